The summed E-state index contributed by atoms with van der Waals surface area (Å²) in [7, 11) is 2.11. The Labute approximate surface area is 151 Å². The van der Waals surface area contributed by atoms with Crippen LogP contribution in [0.15, 0.2) is 30.3 Å². The molecule has 3 rings (SSSR count). The molecule has 1 aliphatic heterocycles. The Bertz CT molecular complexity index is 506. The summed E-state index contributed by atoms with van der Waals surface area (Å²) in [6.07, 6.45) is 1.12. The fourth-order valence-corrected chi connectivity index (χ4v) is 3.18. The summed E-state index contributed by atoms with van der Waals surface area (Å²) >= 11 is 0. The third-order valence-corrected chi connectivity index (χ3v) is 4.94. The number of hydrogen-bond acceptors (Lipinski definition) is 3. The first-order valence-corrected chi connectivity index (χ1v) is 7.85. The van der Waals surface area contributed by atoms with Gasteiger partial charge in [-0.1, -0.05) is 30.3 Å². The Morgan fingerprint density at radius 2 is 1.78 bits per heavy atom. The van der Waals surface area contributed by atoms with Crippen molar-refractivity contribution in [1.82, 2.24) is 15.1 Å². The molecule has 1 saturated carbocycles. The fraction of sp³-hybridized carbons (Fsp3) is 0.588. The predicted molar refractivity (Wildman–Crippen MR) is 98.8 cm³/mol. The Hall–Kier alpha value is -0.810. The van der Waals surface area contributed by atoms with Gasteiger partial charge >= 0.3 is 0 Å². The van der Waals surface area contributed by atoms with E-state index in [9.17, 15) is 4.79 Å². The van der Waals surface area contributed by atoms with Crippen LogP contribution in [0, 0.1) is 0 Å². The van der Waals surface area contributed by atoms with Gasteiger partial charge in [-0.25, -0.2) is 0 Å². The van der Waals surface area contributed by atoms with E-state index in [0.29, 0.717) is 12.5 Å². The lowest BCUT2D eigenvalue weighted by Gasteiger charge is -2.32. The van der Waals surface area contributed by atoms with Crippen molar-refractivity contribution in [3.63, 3.8) is 0 Å². The number of carbonyl (C=O) groups is 1. The SMILES string of the molecule is CN1CCN(C(=O)CN[C@@]2(C)C[C@H]2c2ccccc2)CC1.Cl.Cl. The zero-order valence-corrected chi connectivity index (χ0v) is 15.5. The lowest BCUT2D eigenvalue weighted by Crippen LogP contribution is -2.50. The number of benzene rings is 1. The van der Waals surface area contributed by atoms with Gasteiger partial charge in [-0.3, -0.25) is 4.79 Å². The minimum Gasteiger partial charge on any atom is -0.339 e. The average Bonchev–Trinajstić information content (AvgIpc) is 3.19. The normalized spacial score (nSPS) is 26.9. The van der Waals surface area contributed by atoms with Gasteiger partial charge in [0.25, 0.3) is 0 Å². The minimum absolute atomic E-state index is 0. The molecule has 1 heterocycles. The summed E-state index contributed by atoms with van der Waals surface area (Å²) in [6, 6.07) is 10.6. The molecular formula is C17H27Cl2N3O. The number of amides is 1. The van der Waals surface area contributed by atoms with Gasteiger partial charge in [0, 0.05) is 37.6 Å². The van der Waals surface area contributed by atoms with Crippen LogP contribution in [0.25, 0.3) is 0 Å². The van der Waals surface area contributed by atoms with E-state index >= 15 is 0 Å². The molecule has 0 unspecified atom stereocenters. The molecule has 23 heavy (non-hydrogen) atoms. The summed E-state index contributed by atoms with van der Waals surface area (Å²) < 4.78 is 0. The Kier molecular flexibility index (Phi) is 7.33. The number of halogens is 2. The van der Waals surface area contributed by atoms with Crippen molar-refractivity contribution in [2.45, 2.75) is 24.8 Å². The highest BCUT2D eigenvalue weighted by Gasteiger charge is 2.50. The number of nitrogens with one attached hydrogen (secondary N) is 1. The van der Waals surface area contributed by atoms with E-state index in [2.05, 4.69) is 48.5 Å². The second kappa shape index (κ2) is 8.34. The maximum Gasteiger partial charge on any atom is 0.236 e. The number of nitrogens with zero attached hydrogens (tertiary/aromatic N) is 2. The van der Waals surface area contributed by atoms with Gasteiger partial charge < -0.3 is 15.1 Å². The lowest BCUT2D eigenvalue weighted by molar-refractivity contribution is -0.131. The molecule has 1 aromatic carbocycles. The number of rotatable bonds is 4. The molecule has 0 radical (unpaired) electrons. The van der Waals surface area contributed by atoms with Crippen LogP contribution in [0.4, 0.5) is 0 Å². The van der Waals surface area contributed by atoms with Crippen molar-refractivity contribution < 1.29 is 4.79 Å². The van der Waals surface area contributed by atoms with Gasteiger partial charge in [0.05, 0.1) is 6.54 Å². The first kappa shape index (κ1) is 20.2. The second-order valence-electron chi connectivity index (χ2n) is 6.62. The number of likely N-dealkylation sites (N-methyl/N-ethyl adjacent to an activating group) is 1. The van der Waals surface area contributed by atoms with Crippen molar-refractivity contribution in [2.75, 3.05) is 39.8 Å². The van der Waals surface area contributed by atoms with E-state index in [1.807, 2.05) is 11.0 Å². The molecule has 0 aromatic heterocycles. The predicted octanol–water partition coefficient (Wildman–Crippen LogP) is 2.14. The standard InChI is InChI=1S/C17H25N3O.2ClH/c1-17(12-15(17)14-6-4-3-5-7-14)18-13-16(21)20-10-8-19(2)9-11-20;;/h3-7,15,18H,8-13H2,1-2H3;2*1H/t15-,17-;;/m0../s1. The van der Waals surface area contributed by atoms with Gasteiger partial charge in [-0.2, -0.15) is 0 Å². The van der Waals surface area contributed by atoms with Crippen LogP contribution in [0.2, 0.25) is 0 Å². The zero-order valence-electron chi connectivity index (χ0n) is 13.8. The monoisotopic (exact) mass is 359 g/mol. The van der Waals surface area contributed by atoms with E-state index in [0.717, 1.165) is 32.6 Å². The average molecular weight is 360 g/mol. The van der Waals surface area contributed by atoms with Crippen molar-refractivity contribution in [2.24, 2.45) is 0 Å². The van der Waals surface area contributed by atoms with Gasteiger partial charge in [0.15, 0.2) is 0 Å². The molecule has 130 valence electrons. The third-order valence-electron chi connectivity index (χ3n) is 4.94. The maximum absolute atomic E-state index is 12.3. The number of carbonyl (C=O) groups excluding carboxylic acids is 1. The fourth-order valence-electron chi connectivity index (χ4n) is 3.18. The summed E-state index contributed by atoms with van der Waals surface area (Å²) in [5.74, 6) is 0.780. The Morgan fingerprint density at radius 1 is 1.17 bits per heavy atom. The highest BCUT2D eigenvalue weighted by molar-refractivity contribution is 5.85. The quantitative estimate of drug-likeness (QED) is 0.894. The molecule has 6 heteroatoms. The van der Waals surface area contributed by atoms with Crippen LogP contribution >= 0.6 is 24.8 Å². The highest BCUT2D eigenvalue weighted by atomic mass is 35.5. The summed E-state index contributed by atoms with van der Waals surface area (Å²) in [5.41, 5.74) is 1.46. The molecule has 2 aliphatic rings. The molecule has 0 spiro atoms. The minimum atomic E-state index is 0. The van der Waals surface area contributed by atoms with Crippen LogP contribution < -0.4 is 5.32 Å². The van der Waals surface area contributed by atoms with E-state index in [1.54, 1.807) is 0 Å². The molecule has 1 N–H and O–H groups in total. The topological polar surface area (TPSA) is 35.6 Å². The maximum atomic E-state index is 12.3. The van der Waals surface area contributed by atoms with E-state index in [1.165, 1.54) is 5.56 Å². The molecule has 0 bridgehead atoms. The van der Waals surface area contributed by atoms with Crippen molar-refractivity contribution in [1.29, 1.82) is 0 Å². The van der Waals surface area contributed by atoms with Gasteiger partial charge in [0.1, 0.15) is 0 Å². The zero-order chi connectivity index (χ0) is 14.9. The number of piperazine rings is 1. The van der Waals surface area contributed by atoms with Gasteiger partial charge in [-0.15, -0.1) is 24.8 Å². The van der Waals surface area contributed by atoms with Crippen LogP contribution in [0.3, 0.4) is 0 Å². The lowest BCUT2D eigenvalue weighted by atomic mass is 10.1. The molecule has 2 atom stereocenters. The Morgan fingerprint density at radius 3 is 2.39 bits per heavy atom. The first-order valence-electron chi connectivity index (χ1n) is 7.85. The van der Waals surface area contributed by atoms with Crippen molar-refractivity contribution in [3.8, 4) is 0 Å². The molecule has 2 fully saturated rings. The Balaban J connectivity index is 0.00000132. The van der Waals surface area contributed by atoms with Crippen molar-refractivity contribution in [3.05, 3.63) is 35.9 Å². The molecule has 1 aliphatic carbocycles. The van der Waals surface area contributed by atoms with Crippen molar-refractivity contribution >= 4 is 30.7 Å². The first-order chi connectivity index (χ1) is 10.1. The highest BCUT2D eigenvalue weighted by Crippen LogP contribution is 2.50. The van der Waals surface area contributed by atoms with Crippen LogP contribution in [0.5, 0.6) is 0 Å². The second-order valence-corrected chi connectivity index (χ2v) is 6.62. The largest absolute Gasteiger partial charge is 0.339 e. The molecule has 1 saturated heterocycles. The van der Waals surface area contributed by atoms with Crippen LogP contribution in [0.1, 0.15) is 24.8 Å². The van der Waals surface area contributed by atoms with Gasteiger partial charge in [-0.05, 0) is 26.0 Å². The van der Waals surface area contributed by atoms with E-state index in [4.69, 9.17) is 0 Å². The molecule has 1 aromatic rings. The molecule has 1 amide bonds. The van der Waals surface area contributed by atoms with Gasteiger partial charge in [0.2, 0.25) is 5.91 Å². The smallest absolute Gasteiger partial charge is 0.236 e. The summed E-state index contributed by atoms with van der Waals surface area (Å²) in [6.45, 7) is 6.36. The summed E-state index contributed by atoms with van der Waals surface area (Å²) in [4.78, 5) is 16.5. The van der Waals surface area contributed by atoms with E-state index < -0.39 is 0 Å². The molecule has 4 nitrogen and oxygen atoms in total. The van der Waals surface area contributed by atoms with Crippen LogP contribution in [-0.4, -0.2) is 61.0 Å². The third kappa shape index (κ3) is 4.83. The van der Waals surface area contributed by atoms with Crippen LogP contribution in [-0.2, 0) is 4.79 Å². The molecular weight excluding hydrogens is 333 g/mol. The number of hydrogen-bond donors (Lipinski definition) is 1. The summed E-state index contributed by atoms with van der Waals surface area (Å²) in [5, 5.41) is 3.49. The van der Waals surface area contributed by atoms with E-state index in [-0.39, 0.29) is 36.3 Å².